The van der Waals surface area contributed by atoms with Crippen molar-refractivity contribution in [1.29, 1.82) is 0 Å². The highest BCUT2D eigenvalue weighted by atomic mass is 35.5. The topological polar surface area (TPSA) is 86.3 Å². The predicted molar refractivity (Wildman–Crippen MR) is 78.0 cm³/mol. The molecule has 0 aromatic heterocycles. The van der Waals surface area contributed by atoms with Crippen LogP contribution in [0, 0.1) is 0 Å². The van der Waals surface area contributed by atoms with E-state index in [2.05, 4.69) is 4.72 Å². The molecule has 0 bridgehead atoms. The maximum atomic E-state index is 12.2. The molecular formula is C13H8Cl2NO4S-. The lowest BCUT2D eigenvalue weighted by molar-refractivity contribution is -0.255. The third kappa shape index (κ3) is 3.87. The Morgan fingerprint density at radius 3 is 2.24 bits per heavy atom. The van der Waals surface area contributed by atoms with Gasteiger partial charge in [-0.2, -0.15) is 0 Å². The third-order valence-corrected chi connectivity index (χ3v) is 4.31. The van der Waals surface area contributed by atoms with Gasteiger partial charge in [-0.3, -0.25) is 4.72 Å². The van der Waals surface area contributed by atoms with Crippen molar-refractivity contribution in [3.8, 4) is 0 Å². The highest BCUT2D eigenvalue weighted by Gasteiger charge is 2.15. The number of carboxylic acid groups (broad SMARTS) is 1. The van der Waals surface area contributed by atoms with E-state index in [0.29, 0.717) is 0 Å². The van der Waals surface area contributed by atoms with E-state index >= 15 is 0 Å². The van der Waals surface area contributed by atoms with Gasteiger partial charge in [0.15, 0.2) is 0 Å². The molecule has 0 saturated carbocycles. The Bertz CT molecular complexity index is 785. The van der Waals surface area contributed by atoms with Crippen LogP contribution in [0.5, 0.6) is 0 Å². The van der Waals surface area contributed by atoms with Crippen LogP contribution in [0.25, 0.3) is 0 Å². The van der Waals surface area contributed by atoms with Crippen LogP contribution >= 0.6 is 23.2 Å². The number of carbonyl (C=O) groups excluding carboxylic acids is 1. The normalized spacial score (nSPS) is 11.1. The van der Waals surface area contributed by atoms with Crippen molar-refractivity contribution in [2.45, 2.75) is 4.90 Å². The second kappa shape index (κ2) is 5.93. The number of nitrogens with one attached hydrogen (secondary N) is 1. The van der Waals surface area contributed by atoms with Gasteiger partial charge in [0.1, 0.15) is 0 Å². The molecule has 0 radical (unpaired) electrons. The van der Waals surface area contributed by atoms with Gasteiger partial charge in [0.25, 0.3) is 10.0 Å². The highest BCUT2D eigenvalue weighted by molar-refractivity contribution is 7.92. The van der Waals surface area contributed by atoms with Gasteiger partial charge in [-0.25, -0.2) is 8.42 Å². The fourth-order valence-corrected chi connectivity index (χ4v) is 3.23. The summed E-state index contributed by atoms with van der Waals surface area (Å²) in [6, 6.07) is 9.04. The van der Waals surface area contributed by atoms with Gasteiger partial charge >= 0.3 is 0 Å². The van der Waals surface area contributed by atoms with E-state index in [1.165, 1.54) is 36.4 Å². The van der Waals surface area contributed by atoms with E-state index in [4.69, 9.17) is 23.2 Å². The molecule has 0 unspecified atom stereocenters. The van der Waals surface area contributed by atoms with Crippen molar-refractivity contribution in [3.63, 3.8) is 0 Å². The Morgan fingerprint density at radius 1 is 1.05 bits per heavy atom. The van der Waals surface area contributed by atoms with E-state index in [0.717, 1.165) is 6.07 Å². The molecule has 21 heavy (non-hydrogen) atoms. The van der Waals surface area contributed by atoms with Crippen molar-refractivity contribution < 1.29 is 18.3 Å². The number of rotatable bonds is 4. The second-order valence-corrected chi connectivity index (χ2v) is 6.63. The number of benzene rings is 2. The minimum Gasteiger partial charge on any atom is -0.545 e. The van der Waals surface area contributed by atoms with Crippen LogP contribution in [0.4, 0.5) is 5.69 Å². The monoisotopic (exact) mass is 344 g/mol. The fourth-order valence-electron chi connectivity index (χ4n) is 1.62. The van der Waals surface area contributed by atoms with Gasteiger partial charge in [0.05, 0.1) is 16.6 Å². The summed E-state index contributed by atoms with van der Waals surface area (Å²) in [5.41, 5.74) is -0.0617. The van der Waals surface area contributed by atoms with E-state index in [-0.39, 0.29) is 26.2 Å². The zero-order valence-corrected chi connectivity index (χ0v) is 12.7. The largest absolute Gasteiger partial charge is 0.545 e. The van der Waals surface area contributed by atoms with E-state index in [1.807, 2.05) is 0 Å². The Morgan fingerprint density at radius 2 is 1.67 bits per heavy atom. The predicted octanol–water partition coefficient (Wildman–Crippen LogP) is 2.16. The minimum atomic E-state index is -3.96. The summed E-state index contributed by atoms with van der Waals surface area (Å²) >= 11 is 11.6. The third-order valence-electron chi connectivity index (χ3n) is 2.49. The van der Waals surface area contributed by atoms with Crippen LogP contribution in [0.15, 0.2) is 47.4 Å². The fraction of sp³-hybridized carbons (Fsp3) is 0. The molecular weight excluding hydrogens is 337 g/mol. The van der Waals surface area contributed by atoms with E-state index in [1.54, 1.807) is 0 Å². The van der Waals surface area contributed by atoms with Gasteiger partial charge < -0.3 is 9.90 Å². The first-order valence-corrected chi connectivity index (χ1v) is 7.82. The maximum Gasteiger partial charge on any atom is 0.261 e. The number of halogens is 2. The summed E-state index contributed by atoms with van der Waals surface area (Å²) in [4.78, 5) is 10.6. The molecule has 0 spiro atoms. The maximum absolute atomic E-state index is 12.2. The second-order valence-electron chi connectivity index (χ2n) is 4.08. The Labute approximate surface area is 131 Å². The molecule has 2 aromatic carbocycles. The Hall–Kier alpha value is -1.76. The molecule has 0 amide bonds. The lowest BCUT2D eigenvalue weighted by Gasteiger charge is -2.10. The first kappa shape index (κ1) is 15.6. The number of sulfonamides is 1. The van der Waals surface area contributed by atoms with Crippen LogP contribution in [0.3, 0.4) is 0 Å². The molecule has 2 aromatic rings. The van der Waals surface area contributed by atoms with Crippen molar-refractivity contribution in [2.24, 2.45) is 0 Å². The lowest BCUT2D eigenvalue weighted by Crippen LogP contribution is -2.23. The lowest BCUT2D eigenvalue weighted by atomic mass is 10.2. The molecule has 0 aliphatic heterocycles. The number of carboxylic acids is 1. The molecule has 110 valence electrons. The van der Waals surface area contributed by atoms with Gasteiger partial charge in [-0.1, -0.05) is 35.3 Å². The Balaban J connectivity index is 2.38. The van der Waals surface area contributed by atoms with Crippen LogP contribution in [0.2, 0.25) is 10.0 Å². The molecule has 0 aliphatic carbocycles. The van der Waals surface area contributed by atoms with Gasteiger partial charge in [0.2, 0.25) is 0 Å². The SMILES string of the molecule is O=C([O-])c1cccc(S(=O)(=O)Nc2cc(Cl)cc(Cl)c2)c1. The zero-order chi connectivity index (χ0) is 15.6. The molecule has 0 aliphatic rings. The number of aromatic carboxylic acids is 1. The quantitative estimate of drug-likeness (QED) is 0.920. The first-order valence-electron chi connectivity index (χ1n) is 5.58. The van der Waals surface area contributed by atoms with Crippen LogP contribution in [-0.4, -0.2) is 14.4 Å². The van der Waals surface area contributed by atoms with Crippen molar-refractivity contribution in [1.82, 2.24) is 0 Å². The average molecular weight is 345 g/mol. The summed E-state index contributed by atoms with van der Waals surface area (Å²) in [5, 5.41) is 11.3. The average Bonchev–Trinajstić information content (AvgIpc) is 2.37. The first-order chi connectivity index (χ1) is 9.78. The van der Waals surface area contributed by atoms with Gasteiger partial charge in [-0.15, -0.1) is 0 Å². The molecule has 0 saturated heterocycles. The standard InChI is InChI=1S/C13H9Cl2NO4S/c14-9-5-10(15)7-11(6-9)16-21(19,20)12-3-1-2-8(4-12)13(17)18/h1-7,16H,(H,17,18)/p-1. The van der Waals surface area contributed by atoms with Crippen LogP contribution in [-0.2, 0) is 10.0 Å². The number of anilines is 1. The molecule has 0 heterocycles. The molecule has 0 fully saturated rings. The number of hydrogen-bond acceptors (Lipinski definition) is 4. The van der Waals surface area contributed by atoms with Gasteiger partial charge in [-0.05, 0) is 35.9 Å². The van der Waals surface area contributed by atoms with Crippen molar-refractivity contribution in [2.75, 3.05) is 4.72 Å². The summed E-state index contributed by atoms with van der Waals surface area (Å²) in [6.45, 7) is 0. The molecule has 0 atom stereocenters. The summed E-state index contributed by atoms with van der Waals surface area (Å²) in [7, 11) is -3.96. The van der Waals surface area contributed by atoms with Crippen molar-refractivity contribution in [3.05, 3.63) is 58.1 Å². The molecule has 1 N–H and O–H groups in total. The highest BCUT2D eigenvalue weighted by Crippen LogP contribution is 2.24. The van der Waals surface area contributed by atoms with Crippen molar-refractivity contribution >= 4 is 44.9 Å². The summed E-state index contributed by atoms with van der Waals surface area (Å²) in [5.74, 6) is -1.46. The van der Waals surface area contributed by atoms with Gasteiger partial charge in [0, 0.05) is 10.0 Å². The van der Waals surface area contributed by atoms with Crippen LogP contribution < -0.4 is 9.83 Å². The number of hydrogen-bond donors (Lipinski definition) is 1. The van der Waals surface area contributed by atoms with E-state index in [9.17, 15) is 18.3 Å². The molecule has 5 nitrogen and oxygen atoms in total. The Kier molecular flexibility index (Phi) is 4.41. The number of carbonyl (C=O) groups is 1. The molecule has 2 rings (SSSR count). The summed E-state index contributed by atoms with van der Waals surface area (Å²) in [6.07, 6.45) is 0. The van der Waals surface area contributed by atoms with E-state index < -0.39 is 16.0 Å². The zero-order valence-electron chi connectivity index (χ0n) is 10.3. The smallest absolute Gasteiger partial charge is 0.261 e. The molecule has 8 heteroatoms. The summed E-state index contributed by atoms with van der Waals surface area (Å²) < 4.78 is 26.6. The van der Waals surface area contributed by atoms with Crippen LogP contribution in [0.1, 0.15) is 10.4 Å². The minimum absolute atomic E-state index is 0.173.